The number of cyclic esters (lactones) is 2. The fourth-order valence-electron chi connectivity index (χ4n) is 6.14. The Bertz CT molecular complexity index is 1780. The topological polar surface area (TPSA) is 232 Å². The van der Waals surface area contributed by atoms with Crippen molar-refractivity contribution < 1.29 is 47.6 Å². The highest BCUT2D eigenvalue weighted by atomic mass is 32.1. The second-order valence-corrected chi connectivity index (χ2v) is 12.8. The predicted molar refractivity (Wildman–Crippen MR) is 215 cm³/mol. The molecular weight excluding hydrogens is 779 g/mol. The van der Waals surface area contributed by atoms with Crippen LogP contribution in [0.3, 0.4) is 0 Å². The summed E-state index contributed by atoms with van der Waals surface area (Å²) >= 11 is 9.21. The Morgan fingerprint density at radius 1 is 0.804 bits per heavy atom. The van der Waals surface area contributed by atoms with Gasteiger partial charge in [0, 0.05) is 52.4 Å². The van der Waals surface area contributed by atoms with Crippen molar-refractivity contribution in [2.24, 2.45) is 10.7 Å². The van der Waals surface area contributed by atoms with E-state index in [1.54, 1.807) is 34.1 Å². The number of aliphatic imine (C=N–C) groups is 1. The van der Waals surface area contributed by atoms with Crippen LogP contribution in [-0.2, 0) is 9.47 Å². The number of nitrogens with two attached hydrogens (primary N) is 1. The third kappa shape index (κ3) is 11.5. The summed E-state index contributed by atoms with van der Waals surface area (Å²) in [6.45, 7) is 3.90. The van der Waals surface area contributed by atoms with Crippen LogP contribution in [0.25, 0.3) is 0 Å². The van der Waals surface area contributed by atoms with Crippen molar-refractivity contribution in [2.75, 3.05) is 98.1 Å². The van der Waals surface area contributed by atoms with Gasteiger partial charge in [-0.25, -0.2) is 33.0 Å². The van der Waals surface area contributed by atoms with Crippen LogP contribution in [0.15, 0.2) is 41.4 Å². The summed E-state index contributed by atoms with van der Waals surface area (Å²) < 4.78 is 39.6. The molecule has 4 saturated heterocycles. The molecule has 0 unspecified atom stereocenters. The maximum atomic E-state index is 14.6. The fourth-order valence-corrected chi connectivity index (χ4v) is 6.30. The Morgan fingerprint density at radius 3 is 1.59 bits per heavy atom. The fraction of sp³-hybridized carbons (Fsp3) is 0.471. The van der Waals surface area contributed by atoms with E-state index in [1.807, 2.05) is 0 Å². The van der Waals surface area contributed by atoms with Gasteiger partial charge in [-0.2, -0.15) is 0 Å². The molecule has 8 N–H and O–H groups in total. The standard InChI is InChI=1S/C16H20FN5O4S.C16H17FN4O4S.2CH4.H3N/c17-12-7-10(22-9-11(26-16(22)25)8-19-14(18)27)1-2-13(12)20-3-5-21(6-4-20)15(23)24;17-13-7-11(21-9-12(8-18-10-26)25-16(21)24)1-2-14(13)19-3-5-20(6-4-19)15(22)23;;;/h1-2,7,11H,3-6,8-9H2,(H,23,24)(H3,18,19,27);1-2,7,12H,3-6,8-9H2,(H,22,23);2*1H4;1H3/t11-;12-;;;/m00.../s1. The Balaban J connectivity index is 0.000000367. The molecule has 2 aromatic carbocycles. The van der Waals surface area contributed by atoms with Crippen LogP contribution < -0.4 is 36.8 Å². The number of nitrogens with zero attached hydrogens (tertiary/aromatic N) is 7. The van der Waals surface area contributed by atoms with E-state index in [9.17, 15) is 28.0 Å². The number of rotatable bonds is 8. The molecule has 0 spiro atoms. The van der Waals surface area contributed by atoms with Crippen molar-refractivity contribution in [1.82, 2.24) is 21.3 Å². The van der Waals surface area contributed by atoms with Crippen LogP contribution in [0.5, 0.6) is 0 Å². The van der Waals surface area contributed by atoms with Gasteiger partial charge in [0.05, 0.1) is 54.1 Å². The highest BCUT2D eigenvalue weighted by Gasteiger charge is 2.34. The molecule has 0 aromatic heterocycles. The zero-order chi connectivity index (χ0) is 38.2. The highest BCUT2D eigenvalue weighted by molar-refractivity contribution is 7.80. The first-order valence-electron chi connectivity index (χ1n) is 16.4. The minimum atomic E-state index is -0.975. The summed E-state index contributed by atoms with van der Waals surface area (Å²) in [6, 6.07) is 9.04. The number of carbonyl (C=O) groups is 4. The van der Waals surface area contributed by atoms with E-state index in [-0.39, 0.29) is 52.3 Å². The number of nitrogens with one attached hydrogen (secondary N) is 1. The van der Waals surface area contributed by atoms with Crippen molar-refractivity contribution in [3.8, 4) is 0 Å². The van der Waals surface area contributed by atoms with Crippen molar-refractivity contribution >= 4 is 81.8 Å². The first kappa shape index (κ1) is 46.6. The van der Waals surface area contributed by atoms with Crippen LogP contribution in [0.2, 0.25) is 0 Å². The molecule has 2 atom stereocenters. The summed E-state index contributed by atoms with van der Waals surface area (Å²) in [5, 5.41) is 23.0. The molecule has 22 heteroatoms. The molecule has 0 radical (unpaired) electrons. The molecule has 2 aromatic rings. The molecule has 308 valence electrons. The largest absolute Gasteiger partial charge is 0.465 e. The second-order valence-electron chi connectivity index (χ2n) is 12.2. The SMILES string of the molecule is C.C.N.NC(=S)NC[C@H]1CN(c2ccc(N3CCN(C(=O)O)CC3)c(F)c2)C(=O)O1.O=C(O)N1CCN(c2ccc(N3C[C@H](CN=C=S)OC3=O)cc2F)CC1. The number of halogens is 2. The molecule has 4 amide bonds. The van der Waals surface area contributed by atoms with Gasteiger partial charge in [-0.05, 0) is 60.8 Å². The molecule has 4 heterocycles. The number of thiocarbonyl (C=S) groups is 2. The van der Waals surface area contributed by atoms with Gasteiger partial charge in [0.25, 0.3) is 0 Å². The van der Waals surface area contributed by atoms with Crippen LogP contribution in [0.4, 0.5) is 50.7 Å². The maximum absolute atomic E-state index is 14.6. The molecule has 4 aliphatic heterocycles. The molecule has 4 fully saturated rings. The zero-order valence-electron chi connectivity index (χ0n) is 28.9. The van der Waals surface area contributed by atoms with Crippen LogP contribution in [-0.4, -0.2) is 145 Å². The lowest BCUT2D eigenvalue weighted by Gasteiger charge is -2.34. The van der Waals surface area contributed by atoms with E-state index in [4.69, 9.17) is 37.6 Å². The quantitative estimate of drug-likeness (QED) is 0.185. The van der Waals surface area contributed by atoms with E-state index < -0.39 is 48.2 Å². The Kier molecular flexibility index (Phi) is 17.4. The Hall–Kier alpha value is -5.57. The maximum Gasteiger partial charge on any atom is 0.414 e. The minimum absolute atomic E-state index is 0. The summed E-state index contributed by atoms with van der Waals surface area (Å²) in [4.78, 5) is 58.5. The number of ether oxygens (including phenoxy) is 2. The predicted octanol–water partition coefficient (Wildman–Crippen LogP) is 4.27. The monoisotopic (exact) mass is 826 g/mol. The lowest BCUT2D eigenvalue weighted by molar-refractivity contribution is 0.141. The van der Waals surface area contributed by atoms with Crippen LogP contribution >= 0.6 is 24.4 Å². The van der Waals surface area contributed by atoms with Gasteiger partial charge in [-0.15, -0.1) is 0 Å². The Morgan fingerprint density at radius 2 is 1.21 bits per heavy atom. The average Bonchev–Trinajstić information content (AvgIpc) is 3.71. The Labute approximate surface area is 334 Å². The van der Waals surface area contributed by atoms with E-state index in [1.165, 1.54) is 31.7 Å². The number of amides is 4. The van der Waals surface area contributed by atoms with E-state index >= 15 is 0 Å². The summed E-state index contributed by atoms with van der Waals surface area (Å²) in [7, 11) is 0. The van der Waals surface area contributed by atoms with Crippen molar-refractivity contribution in [2.45, 2.75) is 27.1 Å². The summed E-state index contributed by atoms with van der Waals surface area (Å²) in [5.74, 6) is -0.951. The van der Waals surface area contributed by atoms with Gasteiger partial charge in [0.1, 0.15) is 23.8 Å². The normalized spacial score (nSPS) is 18.8. The number of anilines is 4. The number of carboxylic acid groups (broad SMARTS) is 2. The van der Waals surface area contributed by atoms with Gasteiger partial charge < -0.3 is 56.5 Å². The van der Waals surface area contributed by atoms with Gasteiger partial charge >= 0.3 is 24.4 Å². The first-order chi connectivity index (χ1) is 25.3. The zero-order valence-corrected chi connectivity index (χ0v) is 30.6. The van der Waals surface area contributed by atoms with Crippen LogP contribution in [0, 0.1) is 11.6 Å². The van der Waals surface area contributed by atoms with Crippen LogP contribution in [0.1, 0.15) is 14.9 Å². The highest BCUT2D eigenvalue weighted by Crippen LogP contribution is 2.30. The third-order valence-electron chi connectivity index (χ3n) is 8.88. The number of piperazine rings is 2. The van der Waals surface area contributed by atoms with Gasteiger partial charge in [0.2, 0.25) is 0 Å². The van der Waals surface area contributed by atoms with Crippen molar-refractivity contribution in [3.05, 3.63) is 48.0 Å². The number of benzene rings is 2. The van der Waals surface area contributed by atoms with Gasteiger partial charge in [-0.3, -0.25) is 9.80 Å². The number of isothiocyanates is 1. The lowest BCUT2D eigenvalue weighted by atomic mass is 10.2. The van der Waals surface area contributed by atoms with Crippen molar-refractivity contribution in [3.63, 3.8) is 0 Å². The summed E-state index contributed by atoms with van der Waals surface area (Å²) in [5.41, 5.74) is 6.91. The minimum Gasteiger partial charge on any atom is -0.465 e. The van der Waals surface area contributed by atoms with E-state index in [0.717, 1.165) is 0 Å². The van der Waals surface area contributed by atoms with Gasteiger partial charge in [-0.1, -0.05) is 14.9 Å². The lowest BCUT2D eigenvalue weighted by Crippen LogP contribution is -2.48. The molecule has 0 bridgehead atoms. The summed E-state index contributed by atoms with van der Waals surface area (Å²) in [6.07, 6.45) is -3.95. The molecular formula is C34H48F2N10O8S2. The average molecular weight is 827 g/mol. The van der Waals surface area contributed by atoms with E-state index in [0.29, 0.717) is 75.1 Å². The molecule has 18 nitrogen and oxygen atoms in total. The first-order valence-corrected chi connectivity index (χ1v) is 17.2. The van der Waals surface area contributed by atoms with Crippen molar-refractivity contribution in [1.29, 1.82) is 0 Å². The molecule has 0 aliphatic carbocycles. The molecule has 56 heavy (non-hydrogen) atoms. The molecule has 4 aliphatic rings. The molecule has 6 rings (SSSR count). The number of hydrogen-bond donors (Lipinski definition) is 5. The number of hydrogen-bond acceptors (Lipinski definition) is 12. The smallest absolute Gasteiger partial charge is 0.414 e. The number of carbonyl (C=O) groups excluding carboxylic acids is 2. The molecule has 0 saturated carbocycles. The van der Waals surface area contributed by atoms with Gasteiger partial charge in [0.15, 0.2) is 5.11 Å². The third-order valence-corrected chi connectivity index (χ3v) is 9.15. The van der Waals surface area contributed by atoms with E-state index in [2.05, 4.69) is 27.7 Å². The second kappa shape index (κ2) is 20.9.